The summed E-state index contributed by atoms with van der Waals surface area (Å²) in [5.41, 5.74) is 0.459. The van der Waals surface area contributed by atoms with Crippen LogP contribution >= 0.6 is 0 Å². The number of alkyl halides is 3. The summed E-state index contributed by atoms with van der Waals surface area (Å²) >= 11 is 0. The molecule has 0 unspecified atom stereocenters. The fourth-order valence-corrected chi connectivity index (χ4v) is 3.18. The molecule has 1 aromatic carbocycles. The van der Waals surface area contributed by atoms with Gasteiger partial charge in [-0.2, -0.15) is 13.2 Å². The summed E-state index contributed by atoms with van der Waals surface area (Å²) in [4.78, 5) is 18.5. The normalized spacial score (nSPS) is 16.4. The molecule has 2 heterocycles. The molecule has 1 fully saturated rings. The molecular weight excluding hydrogens is 343 g/mol. The fraction of sp³-hybridized carbons (Fsp3) is 0.368. The standard InChI is InChI=1S/C19H20F3N3O/c20-19(21,22)15-4-3-5-16(12-15)24-18(26)13-25-10-7-14(8-11-25)17-6-1-2-9-23-17/h1-6,9,12,14H,7-8,10-11,13H2,(H,24,26). The van der Waals surface area contributed by atoms with Crippen LogP contribution in [0.4, 0.5) is 18.9 Å². The number of nitrogens with one attached hydrogen (secondary N) is 1. The number of nitrogens with zero attached hydrogens (tertiary/aromatic N) is 2. The van der Waals surface area contributed by atoms with Crippen LogP contribution in [-0.2, 0) is 11.0 Å². The maximum Gasteiger partial charge on any atom is 0.416 e. The van der Waals surface area contributed by atoms with Crippen LogP contribution in [0, 0.1) is 0 Å². The minimum atomic E-state index is -4.42. The number of aromatic nitrogens is 1. The van der Waals surface area contributed by atoms with Crippen molar-refractivity contribution in [2.24, 2.45) is 0 Å². The molecule has 4 nitrogen and oxygen atoms in total. The second-order valence-electron chi connectivity index (χ2n) is 6.43. The third-order valence-electron chi connectivity index (χ3n) is 4.53. The number of rotatable bonds is 4. The van der Waals surface area contributed by atoms with Gasteiger partial charge < -0.3 is 5.32 Å². The molecule has 0 atom stereocenters. The zero-order valence-corrected chi connectivity index (χ0v) is 14.2. The van der Waals surface area contributed by atoms with Gasteiger partial charge in [0.1, 0.15) is 0 Å². The Morgan fingerprint density at radius 2 is 1.92 bits per heavy atom. The van der Waals surface area contributed by atoms with Crippen LogP contribution in [0.1, 0.15) is 30.0 Å². The Kier molecular flexibility index (Phi) is 5.56. The summed E-state index contributed by atoms with van der Waals surface area (Å²) in [6.45, 7) is 1.69. The minimum absolute atomic E-state index is 0.160. The molecule has 0 radical (unpaired) electrons. The van der Waals surface area contributed by atoms with E-state index in [1.165, 1.54) is 12.1 Å². The molecule has 26 heavy (non-hydrogen) atoms. The van der Waals surface area contributed by atoms with Crippen molar-refractivity contribution in [3.8, 4) is 0 Å². The second-order valence-corrected chi connectivity index (χ2v) is 6.43. The fourth-order valence-electron chi connectivity index (χ4n) is 3.18. The Balaban J connectivity index is 1.50. The van der Waals surface area contributed by atoms with Gasteiger partial charge in [-0.05, 0) is 56.3 Å². The first-order valence-corrected chi connectivity index (χ1v) is 8.52. The Bertz CT molecular complexity index is 741. The van der Waals surface area contributed by atoms with E-state index in [0.717, 1.165) is 43.8 Å². The molecule has 1 aliphatic heterocycles. The van der Waals surface area contributed by atoms with Crippen LogP contribution in [0.15, 0.2) is 48.7 Å². The zero-order chi connectivity index (χ0) is 18.6. The summed E-state index contributed by atoms with van der Waals surface area (Å²) in [7, 11) is 0. The Morgan fingerprint density at radius 1 is 1.15 bits per heavy atom. The van der Waals surface area contributed by atoms with E-state index in [0.29, 0.717) is 5.92 Å². The van der Waals surface area contributed by atoms with E-state index in [4.69, 9.17) is 0 Å². The lowest BCUT2D eigenvalue weighted by Gasteiger charge is -2.31. The number of pyridine rings is 1. The van der Waals surface area contributed by atoms with E-state index in [-0.39, 0.29) is 18.1 Å². The van der Waals surface area contributed by atoms with Crippen molar-refractivity contribution in [3.05, 3.63) is 59.9 Å². The van der Waals surface area contributed by atoms with E-state index >= 15 is 0 Å². The quantitative estimate of drug-likeness (QED) is 0.896. The van der Waals surface area contributed by atoms with Gasteiger partial charge in [0.2, 0.25) is 5.91 Å². The van der Waals surface area contributed by atoms with Crippen LogP contribution in [0.2, 0.25) is 0 Å². The number of piperidine rings is 1. The molecule has 2 aromatic rings. The zero-order valence-electron chi connectivity index (χ0n) is 14.2. The highest BCUT2D eigenvalue weighted by molar-refractivity contribution is 5.92. The molecule has 3 rings (SSSR count). The Morgan fingerprint density at radius 3 is 2.58 bits per heavy atom. The average molecular weight is 363 g/mol. The number of carbonyl (C=O) groups excluding carboxylic acids is 1. The van der Waals surface area contributed by atoms with Gasteiger partial charge in [0.15, 0.2) is 0 Å². The van der Waals surface area contributed by atoms with Crippen molar-refractivity contribution in [3.63, 3.8) is 0 Å². The molecular formula is C19H20F3N3O. The Hall–Kier alpha value is -2.41. The molecule has 0 spiro atoms. The molecule has 0 aliphatic carbocycles. The summed E-state index contributed by atoms with van der Waals surface area (Å²) in [6, 6.07) is 10.6. The van der Waals surface area contributed by atoms with Crippen molar-refractivity contribution < 1.29 is 18.0 Å². The van der Waals surface area contributed by atoms with Crippen molar-refractivity contribution in [2.75, 3.05) is 25.0 Å². The summed E-state index contributed by atoms with van der Waals surface area (Å²) in [5, 5.41) is 2.55. The van der Waals surface area contributed by atoms with E-state index in [1.807, 2.05) is 23.1 Å². The van der Waals surface area contributed by atoms with Crippen LogP contribution in [0.5, 0.6) is 0 Å². The molecule has 7 heteroatoms. The predicted octanol–water partition coefficient (Wildman–Crippen LogP) is 3.92. The highest BCUT2D eigenvalue weighted by atomic mass is 19.4. The van der Waals surface area contributed by atoms with Gasteiger partial charge in [-0.15, -0.1) is 0 Å². The summed E-state index contributed by atoms with van der Waals surface area (Å²) < 4.78 is 38.2. The van der Waals surface area contributed by atoms with E-state index < -0.39 is 11.7 Å². The number of benzene rings is 1. The first kappa shape index (κ1) is 18.4. The maximum absolute atomic E-state index is 12.7. The summed E-state index contributed by atoms with van der Waals surface area (Å²) in [6.07, 6.45) is -0.819. The predicted molar refractivity (Wildman–Crippen MR) is 92.7 cm³/mol. The molecule has 0 bridgehead atoms. The first-order valence-electron chi connectivity index (χ1n) is 8.52. The lowest BCUT2D eigenvalue weighted by Crippen LogP contribution is -2.38. The molecule has 1 aromatic heterocycles. The number of hydrogen-bond acceptors (Lipinski definition) is 3. The smallest absolute Gasteiger partial charge is 0.325 e. The second kappa shape index (κ2) is 7.86. The van der Waals surface area contributed by atoms with Crippen LogP contribution < -0.4 is 5.32 Å². The molecule has 1 N–H and O–H groups in total. The van der Waals surface area contributed by atoms with Crippen molar-refractivity contribution in [2.45, 2.75) is 24.9 Å². The van der Waals surface area contributed by atoms with Gasteiger partial charge in [-0.25, -0.2) is 0 Å². The number of carbonyl (C=O) groups is 1. The van der Waals surface area contributed by atoms with Crippen molar-refractivity contribution in [1.29, 1.82) is 0 Å². The number of anilines is 1. The van der Waals surface area contributed by atoms with Gasteiger partial charge in [0.05, 0.1) is 12.1 Å². The lowest BCUT2D eigenvalue weighted by atomic mass is 9.93. The molecule has 1 amide bonds. The van der Waals surface area contributed by atoms with Gasteiger partial charge in [-0.3, -0.25) is 14.7 Å². The number of hydrogen-bond donors (Lipinski definition) is 1. The van der Waals surface area contributed by atoms with Crippen LogP contribution in [0.25, 0.3) is 0 Å². The van der Waals surface area contributed by atoms with Crippen molar-refractivity contribution >= 4 is 11.6 Å². The first-order chi connectivity index (χ1) is 12.4. The number of halogens is 3. The van der Waals surface area contributed by atoms with Gasteiger partial charge in [-0.1, -0.05) is 12.1 Å². The molecule has 1 saturated heterocycles. The molecule has 138 valence electrons. The highest BCUT2D eigenvalue weighted by Crippen LogP contribution is 2.30. The minimum Gasteiger partial charge on any atom is -0.325 e. The van der Waals surface area contributed by atoms with Gasteiger partial charge >= 0.3 is 6.18 Å². The third-order valence-corrected chi connectivity index (χ3v) is 4.53. The van der Waals surface area contributed by atoms with Crippen LogP contribution in [0.3, 0.4) is 0 Å². The topological polar surface area (TPSA) is 45.2 Å². The maximum atomic E-state index is 12.7. The Labute approximate surface area is 150 Å². The van der Waals surface area contributed by atoms with E-state index in [2.05, 4.69) is 10.3 Å². The largest absolute Gasteiger partial charge is 0.416 e. The molecule has 0 saturated carbocycles. The third kappa shape index (κ3) is 4.82. The van der Waals surface area contributed by atoms with E-state index in [1.54, 1.807) is 6.20 Å². The monoisotopic (exact) mass is 363 g/mol. The average Bonchev–Trinajstić information content (AvgIpc) is 2.62. The number of amides is 1. The lowest BCUT2D eigenvalue weighted by molar-refractivity contribution is -0.137. The van der Waals surface area contributed by atoms with Crippen LogP contribution in [-0.4, -0.2) is 35.4 Å². The van der Waals surface area contributed by atoms with Crippen molar-refractivity contribution in [1.82, 2.24) is 9.88 Å². The SMILES string of the molecule is O=C(CN1CCC(c2ccccn2)CC1)Nc1cccc(C(F)(F)F)c1. The number of likely N-dealkylation sites (tertiary alicyclic amines) is 1. The molecule has 1 aliphatic rings. The highest BCUT2D eigenvalue weighted by Gasteiger charge is 2.30. The summed E-state index contributed by atoms with van der Waals surface area (Å²) in [5.74, 6) is 0.0830. The van der Waals surface area contributed by atoms with Gasteiger partial charge in [0, 0.05) is 23.5 Å². The van der Waals surface area contributed by atoms with E-state index in [9.17, 15) is 18.0 Å². The van der Waals surface area contributed by atoms with Gasteiger partial charge in [0.25, 0.3) is 0 Å².